The maximum Gasteiger partial charge on any atom is 0.254 e. The molecular weight excluding hydrogens is 370 g/mol. The number of sulfone groups is 1. The molecule has 1 aliphatic heterocycles. The number of rotatable bonds is 5. The molecule has 4 rings (SSSR count). The Labute approximate surface area is 157 Å². The van der Waals surface area contributed by atoms with E-state index in [1.807, 2.05) is 6.07 Å². The van der Waals surface area contributed by atoms with E-state index >= 15 is 0 Å². The first-order valence-electron chi connectivity index (χ1n) is 8.69. The summed E-state index contributed by atoms with van der Waals surface area (Å²) in [6.45, 7) is 3.12. The Hall–Kier alpha value is -1.73. The Bertz CT molecular complexity index is 1040. The molecule has 7 heteroatoms. The largest absolute Gasteiger partial charge is 0.493 e. The number of fused-ring (bicyclic) bond motifs is 1. The highest BCUT2D eigenvalue weighted by Gasteiger charge is 2.25. The summed E-state index contributed by atoms with van der Waals surface area (Å²) in [5.41, 5.74) is 2.30. The fourth-order valence-corrected chi connectivity index (χ4v) is 4.91. The summed E-state index contributed by atoms with van der Waals surface area (Å²) in [6, 6.07) is 6.87. The molecule has 0 bridgehead atoms. The molecule has 138 valence electrons. The molecule has 0 unspecified atom stereocenters. The van der Waals surface area contributed by atoms with Crippen molar-refractivity contribution in [2.45, 2.75) is 36.2 Å². The Balaban J connectivity index is 1.90. The zero-order valence-electron chi connectivity index (χ0n) is 14.8. The fourth-order valence-electron chi connectivity index (χ4n) is 3.14. The van der Waals surface area contributed by atoms with Crippen LogP contribution in [-0.4, -0.2) is 31.6 Å². The molecule has 2 heterocycles. The molecule has 1 fully saturated rings. The van der Waals surface area contributed by atoms with Gasteiger partial charge in [0.15, 0.2) is 9.84 Å². The van der Waals surface area contributed by atoms with Crippen LogP contribution in [0.5, 0.6) is 5.75 Å². The molecule has 26 heavy (non-hydrogen) atoms. The lowest BCUT2D eigenvalue weighted by molar-refractivity contribution is 0.300. The van der Waals surface area contributed by atoms with Gasteiger partial charge >= 0.3 is 0 Å². The average Bonchev–Trinajstić information content (AvgIpc) is 3.29. The normalized spacial score (nSPS) is 16.5. The Morgan fingerprint density at radius 1 is 1.23 bits per heavy atom. The molecule has 2 aliphatic rings. The van der Waals surface area contributed by atoms with Crippen molar-refractivity contribution in [1.82, 2.24) is 4.57 Å². The third kappa shape index (κ3) is 3.30. The van der Waals surface area contributed by atoms with Crippen LogP contribution in [0.4, 0.5) is 0 Å². The fraction of sp³-hybridized carbons (Fsp3) is 0.421. The van der Waals surface area contributed by atoms with Crippen LogP contribution < -0.4 is 10.3 Å². The molecule has 5 nitrogen and oxygen atoms in total. The van der Waals surface area contributed by atoms with Crippen LogP contribution in [0.15, 0.2) is 39.0 Å². The van der Waals surface area contributed by atoms with Gasteiger partial charge in [0.25, 0.3) is 5.56 Å². The van der Waals surface area contributed by atoms with Gasteiger partial charge in [-0.05, 0) is 49.9 Å². The van der Waals surface area contributed by atoms with E-state index in [4.69, 9.17) is 4.74 Å². The second-order valence-electron chi connectivity index (χ2n) is 7.04. The van der Waals surface area contributed by atoms with E-state index in [0.29, 0.717) is 30.4 Å². The monoisotopic (exact) mass is 391 g/mol. The van der Waals surface area contributed by atoms with Gasteiger partial charge in [-0.2, -0.15) is 0 Å². The van der Waals surface area contributed by atoms with Crippen molar-refractivity contribution in [2.75, 3.05) is 18.6 Å². The van der Waals surface area contributed by atoms with Gasteiger partial charge in [-0.15, -0.1) is 11.8 Å². The van der Waals surface area contributed by atoms with Gasteiger partial charge in [0.05, 0.1) is 16.5 Å². The van der Waals surface area contributed by atoms with Crippen LogP contribution in [-0.2, 0) is 16.4 Å². The topological polar surface area (TPSA) is 65.4 Å². The van der Waals surface area contributed by atoms with Crippen LogP contribution in [0.25, 0.3) is 11.1 Å². The van der Waals surface area contributed by atoms with Gasteiger partial charge in [-0.25, -0.2) is 8.42 Å². The number of aromatic nitrogens is 1. The highest BCUT2D eigenvalue weighted by molar-refractivity contribution is 7.99. The summed E-state index contributed by atoms with van der Waals surface area (Å²) in [7, 11) is -3.33. The average molecular weight is 392 g/mol. The van der Waals surface area contributed by atoms with E-state index in [1.165, 1.54) is 19.1 Å². The Kier molecular flexibility index (Phi) is 4.39. The molecular formula is C19H21NO4S2. The quantitative estimate of drug-likeness (QED) is 0.783. The van der Waals surface area contributed by atoms with Crippen molar-refractivity contribution in [3.8, 4) is 16.9 Å². The third-order valence-corrected chi connectivity index (χ3v) is 7.02. The smallest absolute Gasteiger partial charge is 0.254 e. The minimum atomic E-state index is -3.33. The number of hydrogen-bond donors (Lipinski definition) is 0. The summed E-state index contributed by atoms with van der Waals surface area (Å²) in [5, 5.41) is 0.891. The molecule has 1 saturated carbocycles. The van der Waals surface area contributed by atoms with Crippen molar-refractivity contribution in [1.29, 1.82) is 0 Å². The van der Waals surface area contributed by atoms with Crippen LogP contribution >= 0.6 is 11.8 Å². The summed E-state index contributed by atoms with van der Waals surface area (Å²) < 4.78 is 31.9. The molecule has 0 spiro atoms. The van der Waals surface area contributed by atoms with Crippen molar-refractivity contribution in [3.05, 3.63) is 40.2 Å². The van der Waals surface area contributed by atoms with Crippen LogP contribution in [0.1, 0.15) is 18.4 Å². The first-order chi connectivity index (χ1) is 12.3. The number of ether oxygens (including phenoxy) is 1. The lowest BCUT2D eigenvalue weighted by Crippen LogP contribution is -2.21. The van der Waals surface area contributed by atoms with E-state index in [-0.39, 0.29) is 10.5 Å². The summed E-state index contributed by atoms with van der Waals surface area (Å²) in [5.74, 6) is 2.12. The molecule has 0 atom stereocenters. The lowest BCUT2D eigenvalue weighted by atomic mass is 10.0. The first-order valence-corrected chi connectivity index (χ1v) is 11.6. The Morgan fingerprint density at radius 3 is 2.69 bits per heavy atom. The maximum absolute atomic E-state index is 12.4. The predicted octanol–water partition coefficient (Wildman–Crippen LogP) is 3.12. The van der Waals surface area contributed by atoms with E-state index in [0.717, 1.165) is 21.9 Å². The number of pyridine rings is 1. The van der Waals surface area contributed by atoms with Gasteiger partial charge in [0, 0.05) is 35.2 Å². The number of thioether (sulfide) groups is 1. The van der Waals surface area contributed by atoms with Crippen molar-refractivity contribution < 1.29 is 13.2 Å². The van der Waals surface area contributed by atoms with E-state index in [1.54, 1.807) is 41.5 Å². The zero-order chi connectivity index (χ0) is 18.5. The van der Waals surface area contributed by atoms with Gasteiger partial charge in [-0.3, -0.25) is 4.79 Å². The molecule has 1 aliphatic carbocycles. The molecule has 0 N–H and O–H groups in total. The van der Waals surface area contributed by atoms with E-state index in [9.17, 15) is 13.2 Å². The van der Waals surface area contributed by atoms with Gasteiger partial charge in [0.1, 0.15) is 5.75 Å². The zero-order valence-corrected chi connectivity index (χ0v) is 16.5. The minimum absolute atomic E-state index is 0.0217. The van der Waals surface area contributed by atoms with Gasteiger partial charge in [0.2, 0.25) is 0 Å². The number of benzene rings is 1. The molecule has 2 aromatic rings. The van der Waals surface area contributed by atoms with Crippen LogP contribution in [0, 0.1) is 12.8 Å². The van der Waals surface area contributed by atoms with Crippen LogP contribution in [0.3, 0.4) is 0 Å². The number of aryl methyl sites for hydroxylation is 1. The molecule has 0 amide bonds. The highest BCUT2D eigenvalue weighted by Crippen LogP contribution is 2.41. The molecule has 1 aromatic heterocycles. The van der Waals surface area contributed by atoms with Crippen LogP contribution in [0.2, 0.25) is 0 Å². The maximum atomic E-state index is 12.4. The van der Waals surface area contributed by atoms with E-state index in [2.05, 4.69) is 0 Å². The first kappa shape index (κ1) is 17.7. The highest BCUT2D eigenvalue weighted by atomic mass is 32.2. The lowest BCUT2D eigenvalue weighted by Gasteiger charge is -2.16. The minimum Gasteiger partial charge on any atom is -0.493 e. The summed E-state index contributed by atoms with van der Waals surface area (Å²) in [6.07, 6.45) is 3.57. The van der Waals surface area contributed by atoms with Gasteiger partial charge in [-0.1, -0.05) is 0 Å². The summed E-state index contributed by atoms with van der Waals surface area (Å²) >= 11 is 1.63. The molecule has 0 saturated heterocycles. The summed E-state index contributed by atoms with van der Waals surface area (Å²) in [4.78, 5) is 12.7. The predicted molar refractivity (Wildman–Crippen MR) is 103 cm³/mol. The second kappa shape index (κ2) is 6.46. The third-order valence-electron chi connectivity index (χ3n) is 4.81. The second-order valence-corrected chi connectivity index (χ2v) is 10.1. The van der Waals surface area contributed by atoms with Gasteiger partial charge < -0.3 is 9.30 Å². The standard InChI is InChI=1S/C19H21NO4S2/c1-12-9-16(19-20(18(12)21)7-8-25-19)15-10-14(26(2,22)23)5-6-17(15)24-11-13-3-4-13/h5-6,9-10,13H,3-4,7-8,11H2,1-2H3. The molecule has 0 radical (unpaired) electrons. The Morgan fingerprint density at radius 2 is 2.00 bits per heavy atom. The number of nitrogens with zero attached hydrogens (tertiary/aromatic N) is 1. The van der Waals surface area contributed by atoms with Crippen molar-refractivity contribution in [3.63, 3.8) is 0 Å². The number of hydrogen-bond acceptors (Lipinski definition) is 5. The SMILES string of the molecule is Cc1cc(-c2cc(S(C)(=O)=O)ccc2OCC2CC2)c2n(c1=O)CCS2. The van der Waals surface area contributed by atoms with Crippen molar-refractivity contribution in [2.24, 2.45) is 5.92 Å². The molecule has 1 aromatic carbocycles. The van der Waals surface area contributed by atoms with Crippen molar-refractivity contribution >= 4 is 21.6 Å². The van der Waals surface area contributed by atoms with E-state index < -0.39 is 9.84 Å².